The SMILES string of the molecule is COCCN(CC(C)C)c1cc(C#N)ccc1C(C)=O. The first-order valence-electron chi connectivity index (χ1n) is 6.78. The maximum Gasteiger partial charge on any atom is 0.161 e. The van der Waals surface area contributed by atoms with Gasteiger partial charge in [0, 0.05) is 31.5 Å². The van der Waals surface area contributed by atoms with Crippen molar-refractivity contribution < 1.29 is 9.53 Å². The fourth-order valence-electron chi connectivity index (χ4n) is 2.11. The molecule has 0 amide bonds. The highest BCUT2D eigenvalue weighted by molar-refractivity contribution is 6.00. The highest BCUT2D eigenvalue weighted by Crippen LogP contribution is 2.24. The summed E-state index contributed by atoms with van der Waals surface area (Å²) < 4.78 is 5.14. The van der Waals surface area contributed by atoms with Gasteiger partial charge in [-0.3, -0.25) is 4.79 Å². The lowest BCUT2D eigenvalue weighted by Crippen LogP contribution is -2.32. The summed E-state index contributed by atoms with van der Waals surface area (Å²) in [6, 6.07) is 7.33. The molecule has 0 saturated heterocycles. The second kappa shape index (κ2) is 7.66. The minimum absolute atomic E-state index is 0.00987. The molecular formula is C16H22N2O2. The van der Waals surface area contributed by atoms with Crippen molar-refractivity contribution in [2.24, 2.45) is 5.92 Å². The Morgan fingerprint density at radius 3 is 2.65 bits per heavy atom. The Kier molecular flexibility index (Phi) is 6.20. The molecule has 0 aliphatic heterocycles. The maximum absolute atomic E-state index is 11.8. The number of nitrogens with zero attached hydrogens (tertiary/aromatic N) is 2. The van der Waals surface area contributed by atoms with Crippen LogP contribution in [-0.4, -0.2) is 32.6 Å². The van der Waals surface area contributed by atoms with Gasteiger partial charge >= 0.3 is 0 Å². The third-order valence-electron chi connectivity index (χ3n) is 3.00. The first-order chi connectivity index (χ1) is 9.49. The van der Waals surface area contributed by atoms with Crippen LogP contribution in [0.25, 0.3) is 0 Å². The Hall–Kier alpha value is -1.86. The van der Waals surface area contributed by atoms with Crippen molar-refractivity contribution in [2.75, 3.05) is 31.7 Å². The van der Waals surface area contributed by atoms with Crippen molar-refractivity contribution >= 4 is 11.5 Å². The van der Waals surface area contributed by atoms with Crippen molar-refractivity contribution in [1.29, 1.82) is 5.26 Å². The minimum atomic E-state index is 0.00987. The van der Waals surface area contributed by atoms with Crippen LogP contribution in [0.15, 0.2) is 18.2 Å². The lowest BCUT2D eigenvalue weighted by molar-refractivity contribution is 0.101. The van der Waals surface area contributed by atoms with Gasteiger partial charge in [-0.25, -0.2) is 0 Å². The van der Waals surface area contributed by atoms with Gasteiger partial charge in [0.2, 0.25) is 0 Å². The summed E-state index contributed by atoms with van der Waals surface area (Å²) in [6.45, 7) is 7.90. The normalized spacial score (nSPS) is 10.4. The summed E-state index contributed by atoms with van der Waals surface area (Å²) in [5, 5.41) is 9.05. The second-order valence-electron chi connectivity index (χ2n) is 5.23. The number of rotatable bonds is 7. The molecule has 4 nitrogen and oxygen atoms in total. The molecule has 0 aliphatic rings. The molecule has 0 bridgehead atoms. The van der Waals surface area contributed by atoms with Crippen LogP contribution in [0.3, 0.4) is 0 Å². The topological polar surface area (TPSA) is 53.3 Å². The van der Waals surface area contributed by atoms with E-state index in [0.717, 1.165) is 12.2 Å². The van der Waals surface area contributed by atoms with E-state index in [1.807, 2.05) is 0 Å². The molecule has 0 aromatic heterocycles. The van der Waals surface area contributed by atoms with Crippen LogP contribution in [0.2, 0.25) is 0 Å². The van der Waals surface area contributed by atoms with Gasteiger partial charge in [-0.2, -0.15) is 5.26 Å². The molecule has 20 heavy (non-hydrogen) atoms. The Morgan fingerprint density at radius 2 is 2.15 bits per heavy atom. The molecule has 0 heterocycles. The third kappa shape index (κ3) is 4.36. The standard InChI is InChI=1S/C16H22N2O2/c1-12(2)11-18(7-8-20-4)16-9-14(10-17)5-6-15(16)13(3)19/h5-6,9,12H,7-8,11H2,1-4H3. The molecule has 4 heteroatoms. The molecule has 0 unspecified atom stereocenters. The van der Waals surface area contributed by atoms with Crippen LogP contribution in [0.1, 0.15) is 36.7 Å². The Morgan fingerprint density at radius 1 is 1.45 bits per heavy atom. The van der Waals surface area contributed by atoms with Gasteiger partial charge in [0.05, 0.1) is 18.2 Å². The average molecular weight is 274 g/mol. The fraction of sp³-hybridized carbons (Fsp3) is 0.500. The summed E-state index contributed by atoms with van der Waals surface area (Å²) in [5.74, 6) is 0.466. The zero-order valence-electron chi connectivity index (χ0n) is 12.6. The van der Waals surface area contributed by atoms with E-state index in [1.54, 1.807) is 32.2 Å². The number of benzene rings is 1. The number of ether oxygens (including phenoxy) is 1. The smallest absolute Gasteiger partial charge is 0.161 e. The van der Waals surface area contributed by atoms with Gasteiger partial charge in [-0.05, 0) is 31.0 Å². The van der Waals surface area contributed by atoms with Crippen LogP contribution < -0.4 is 4.90 Å². The molecule has 0 N–H and O–H groups in total. The number of Topliss-reactive ketones (excluding diaryl/α,β-unsaturated/α-hetero) is 1. The van der Waals surface area contributed by atoms with Crippen LogP contribution in [0, 0.1) is 17.2 Å². The highest BCUT2D eigenvalue weighted by Gasteiger charge is 2.16. The number of hydrogen-bond donors (Lipinski definition) is 0. The van der Waals surface area contributed by atoms with E-state index in [4.69, 9.17) is 10.00 Å². The van der Waals surface area contributed by atoms with Crippen LogP contribution in [0.4, 0.5) is 5.69 Å². The number of ketones is 1. The summed E-state index contributed by atoms with van der Waals surface area (Å²) in [6.07, 6.45) is 0. The number of carbonyl (C=O) groups is 1. The largest absolute Gasteiger partial charge is 0.383 e. The molecule has 0 aliphatic carbocycles. The Balaban J connectivity index is 3.20. The Labute approximate surface area is 121 Å². The van der Waals surface area contributed by atoms with Crippen molar-refractivity contribution in [1.82, 2.24) is 0 Å². The van der Waals surface area contributed by atoms with Gasteiger partial charge in [0.1, 0.15) is 0 Å². The van der Waals surface area contributed by atoms with Gasteiger partial charge in [0.15, 0.2) is 5.78 Å². The van der Waals surface area contributed by atoms with E-state index in [9.17, 15) is 4.79 Å². The number of nitriles is 1. The Bertz CT molecular complexity index is 504. The maximum atomic E-state index is 11.8. The molecule has 0 saturated carbocycles. The van der Waals surface area contributed by atoms with Gasteiger partial charge in [-0.1, -0.05) is 13.8 Å². The van der Waals surface area contributed by atoms with Crippen molar-refractivity contribution in [3.63, 3.8) is 0 Å². The lowest BCUT2D eigenvalue weighted by atomic mass is 10.0. The quantitative estimate of drug-likeness (QED) is 0.717. The van der Waals surface area contributed by atoms with E-state index < -0.39 is 0 Å². The predicted molar refractivity (Wildman–Crippen MR) is 80.1 cm³/mol. The summed E-state index contributed by atoms with van der Waals surface area (Å²) >= 11 is 0. The molecule has 0 radical (unpaired) electrons. The zero-order valence-corrected chi connectivity index (χ0v) is 12.6. The lowest BCUT2D eigenvalue weighted by Gasteiger charge is -2.28. The van der Waals surface area contributed by atoms with E-state index in [2.05, 4.69) is 24.8 Å². The second-order valence-corrected chi connectivity index (χ2v) is 5.23. The zero-order chi connectivity index (χ0) is 15.1. The van der Waals surface area contributed by atoms with Crippen molar-refractivity contribution in [3.8, 4) is 6.07 Å². The molecule has 1 aromatic carbocycles. The summed E-state index contributed by atoms with van der Waals surface area (Å²) in [5.41, 5.74) is 2.04. The molecule has 0 spiro atoms. The highest BCUT2D eigenvalue weighted by atomic mass is 16.5. The van der Waals surface area contributed by atoms with Crippen LogP contribution in [0.5, 0.6) is 0 Å². The van der Waals surface area contributed by atoms with Gasteiger partial charge in [0.25, 0.3) is 0 Å². The molecule has 1 aromatic rings. The van der Waals surface area contributed by atoms with Gasteiger partial charge < -0.3 is 9.64 Å². The number of hydrogen-bond acceptors (Lipinski definition) is 4. The molecular weight excluding hydrogens is 252 g/mol. The van der Waals surface area contributed by atoms with Crippen molar-refractivity contribution in [2.45, 2.75) is 20.8 Å². The predicted octanol–water partition coefficient (Wildman–Crippen LogP) is 2.87. The summed E-state index contributed by atoms with van der Waals surface area (Å²) in [4.78, 5) is 13.9. The third-order valence-corrected chi connectivity index (χ3v) is 3.00. The fourth-order valence-corrected chi connectivity index (χ4v) is 2.11. The number of anilines is 1. The van der Waals surface area contributed by atoms with Crippen LogP contribution >= 0.6 is 0 Å². The van der Waals surface area contributed by atoms with E-state index in [0.29, 0.717) is 30.2 Å². The van der Waals surface area contributed by atoms with E-state index in [1.165, 1.54) is 0 Å². The monoisotopic (exact) mass is 274 g/mol. The number of methoxy groups -OCH3 is 1. The average Bonchev–Trinajstić information content (AvgIpc) is 2.42. The van der Waals surface area contributed by atoms with E-state index in [-0.39, 0.29) is 5.78 Å². The molecule has 0 atom stereocenters. The first kappa shape index (κ1) is 16.2. The molecule has 0 fully saturated rings. The first-order valence-corrected chi connectivity index (χ1v) is 6.78. The number of carbonyl (C=O) groups excluding carboxylic acids is 1. The van der Waals surface area contributed by atoms with Crippen LogP contribution in [-0.2, 0) is 4.74 Å². The molecule has 1 rings (SSSR count). The minimum Gasteiger partial charge on any atom is -0.383 e. The van der Waals surface area contributed by atoms with Gasteiger partial charge in [-0.15, -0.1) is 0 Å². The molecule has 108 valence electrons. The van der Waals surface area contributed by atoms with Crippen molar-refractivity contribution in [3.05, 3.63) is 29.3 Å². The van der Waals surface area contributed by atoms with E-state index >= 15 is 0 Å². The summed E-state index contributed by atoms with van der Waals surface area (Å²) in [7, 11) is 1.66.